The number of fused-ring (bicyclic) bond motifs is 1. The number of amides is 1. The van der Waals surface area contributed by atoms with Gasteiger partial charge in [-0.1, -0.05) is 23.7 Å². The molecule has 190 valence electrons. The van der Waals surface area contributed by atoms with Crippen LogP contribution < -0.4 is 5.32 Å². The fourth-order valence-corrected chi connectivity index (χ4v) is 5.23. The monoisotopic (exact) mass is 519 g/mol. The summed E-state index contributed by atoms with van der Waals surface area (Å²) in [6, 6.07) is 8.48. The Morgan fingerprint density at radius 2 is 2.05 bits per heavy atom. The Morgan fingerprint density at radius 3 is 2.76 bits per heavy atom. The summed E-state index contributed by atoms with van der Waals surface area (Å²) >= 11 is 6.54. The number of likely N-dealkylation sites (tertiary alicyclic amines) is 1. The number of carbonyl (C=O) groups excluding carboxylic acids is 1. The highest BCUT2D eigenvalue weighted by molar-refractivity contribution is 6.34. The van der Waals surface area contributed by atoms with Crippen molar-refractivity contribution in [1.29, 1.82) is 0 Å². The Balaban J connectivity index is 1.71. The van der Waals surface area contributed by atoms with Gasteiger partial charge in [-0.15, -0.1) is 0 Å². The lowest BCUT2D eigenvalue weighted by molar-refractivity contribution is 0.0692. The topological polar surface area (TPSA) is 72.3 Å². The van der Waals surface area contributed by atoms with Gasteiger partial charge in [0.25, 0.3) is 5.91 Å². The number of rotatable bonds is 4. The molecule has 4 aromatic rings. The molecule has 1 fully saturated rings. The van der Waals surface area contributed by atoms with E-state index >= 15 is 0 Å². The largest absolute Gasteiger partial charge is 0.336 e. The minimum Gasteiger partial charge on any atom is -0.336 e. The maximum atomic E-state index is 14.7. The molecule has 0 unspecified atom stereocenters. The van der Waals surface area contributed by atoms with Crippen molar-refractivity contribution in [2.45, 2.75) is 32.7 Å². The van der Waals surface area contributed by atoms with Gasteiger partial charge in [0.05, 0.1) is 17.8 Å². The number of halogens is 2. The van der Waals surface area contributed by atoms with E-state index in [9.17, 15) is 9.18 Å². The van der Waals surface area contributed by atoms with Gasteiger partial charge in [-0.05, 0) is 57.5 Å². The molecule has 0 aliphatic carbocycles. The van der Waals surface area contributed by atoms with Crippen LogP contribution in [0.15, 0.2) is 30.3 Å². The van der Waals surface area contributed by atoms with Crippen molar-refractivity contribution in [3.63, 3.8) is 0 Å². The van der Waals surface area contributed by atoms with E-state index in [2.05, 4.69) is 15.3 Å². The number of hydrogen-bond donors (Lipinski definition) is 1. The number of aromatic nitrogens is 4. The molecule has 0 bridgehead atoms. The highest BCUT2D eigenvalue weighted by Crippen LogP contribution is 2.34. The van der Waals surface area contributed by atoms with E-state index < -0.39 is 5.82 Å². The van der Waals surface area contributed by atoms with Crippen LogP contribution in [-0.2, 0) is 7.05 Å². The van der Waals surface area contributed by atoms with Gasteiger partial charge < -0.3 is 10.2 Å². The first-order valence-electron chi connectivity index (χ1n) is 12.1. The number of carbonyl (C=O) groups is 1. The first-order valence-corrected chi connectivity index (χ1v) is 12.5. The van der Waals surface area contributed by atoms with Gasteiger partial charge in [0.2, 0.25) is 5.69 Å². The van der Waals surface area contributed by atoms with Crippen molar-refractivity contribution in [2.75, 3.05) is 20.1 Å². The molecule has 0 spiro atoms. The summed E-state index contributed by atoms with van der Waals surface area (Å²) in [5.74, 6) is -0.382. The number of hydrogen-bond acceptors (Lipinski definition) is 4. The Morgan fingerprint density at radius 1 is 1.27 bits per heavy atom. The molecule has 1 aliphatic rings. The summed E-state index contributed by atoms with van der Waals surface area (Å²) in [6.07, 6.45) is 1.92. The quantitative estimate of drug-likeness (QED) is 0.376. The highest BCUT2D eigenvalue weighted by Gasteiger charge is 2.29. The zero-order chi connectivity index (χ0) is 26.4. The number of imidazole rings is 1. The van der Waals surface area contributed by atoms with Crippen LogP contribution in [0.2, 0.25) is 5.15 Å². The zero-order valence-electron chi connectivity index (χ0n) is 21.1. The van der Waals surface area contributed by atoms with E-state index in [0.29, 0.717) is 41.0 Å². The molecule has 1 amide bonds. The van der Waals surface area contributed by atoms with Crippen molar-refractivity contribution >= 4 is 34.1 Å². The second-order valence-corrected chi connectivity index (χ2v) is 9.79. The standard InChI is InChI=1S/C27H27ClFN7O/c1-15-11-19(13-20-23(15)33-34(5)25(20)28)36-16(2)24(27(37)35-10-6-7-18(14-35)30-3)32-26(36)17-8-9-22(31-4)21(29)12-17/h8-9,11-13,18,30H,6-7,10,14H2,1-3,5H3/t18-/m0/s1. The lowest BCUT2D eigenvalue weighted by atomic mass is 10.1. The van der Waals surface area contributed by atoms with Gasteiger partial charge in [0, 0.05) is 42.8 Å². The fourth-order valence-electron chi connectivity index (χ4n) is 5.05. The average Bonchev–Trinajstić information content (AvgIpc) is 3.39. The van der Waals surface area contributed by atoms with Crippen molar-refractivity contribution in [3.8, 4) is 17.1 Å². The predicted octanol–water partition coefficient (Wildman–Crippen LogP) is 5.21. The minimum absolute atomic E-state index is 0.0688. The van der Waals surface area contributed by atoms with Crippen LogP contribution in [0.5, 0.6) is 0 Å². The number of likely N-dealkylation sites (N-methyl/N-ethyl adjacent to an activating group) is 1. The van der Waals surface area contributed by atoms with Gasteiger partial charge in [-0.2, -0.15) is 5.10 Å². The second-order valence-electron chi connectivity index (χ2n) is 9.44. The van der Waals surface area contributed by atoms with Crippen molar-refractivity contribution in [1.82, 2.24) is 29.5 Å². The SMILES string of the molecule is [C-]#[N+]c1ccc(-c2nc(C(=O)N3CCC[C@H](NC)C3)c(C)n2-c2cc(C)c3nn(C)c(Cl)c3c2)cc1F. The molecule has 37 heavy (non-hydrogen) atoms. The summed E-state index contributed by atoms with van der Waals surface area (Å²) in [5.41, 5.74) is 3.78. The predicted molar refractivity (Wildman–Crippen MR) is 142 cm³/mol. The van der Waals surface area contributed by atoms with Crippen LogP contribution in [0, 0.1) is 26.2 Å². The molecule has 1 aliphatic heterocycles. The molecular weight excluding hydrogens is 493 g/mol. The molecule has 8 nitrogen and oxygen atoms in total. The van der Waals surface area contributed by atoms with Crippen molar-refractivity contribution < 1.29 is 9.18 Å². The second kappa shape index (κ2) is 9.61. The molecule has 3 heterocycles. The molecule has 10 heteroatoms. The van der Waals surface area contributed by atoms with E-state index in [0.717, 1.165) is 35.0 Å². The summed E-state index contributed by atoms with van der Waals surface area (Å²) in [4.78, 5) is 23.5. The van der Waals surface area contributed by atoms with Gasteiger partial charge in [-0.25, -0.2) is 14.2 Å². The first-order chi connectivity index (χ1) is 17.7. The molecule has 0 radical (unpaired) electrons. The van der Waals surface area contributed by atoms with Crippen LogP contribution >= 0.6 is 11.6 Å². The van der Waals surface area contributed by atoms with Gasteiger partial charge >= 0.3 is 0 Å². The summed E-state index contributed by atoms with van der Waals surface area (Å²) < 4.78 is 18.1. The average molecular weight is 520 g/mol. The van der Waals surface area contributed by atoms with E-state index in [-0.39, 0.29) is 17.6 Å². The van der Waals surface area contributed by atoms with Gasteiger partial charge in [0.1, 0.15) is 22.5 Å². The molecule has 1 N–H and O–H groups in total. The molecule has 2 aromatic carbocycles. The van der Waals surface area contributed by atoms with Crippen LogP contribution in [0.3, 0.4) is 0 Å². The summed E-state index contributed by atoms with van der Waals surface area (Å²) in [7, 11) is 3.69. The number of aryl methyl sites for hydroxylation is 2. The van der Waals surface area contributed by atoms with E-state index in [1.165, 1.54) is 12.1 Å². The number of nitrogens with zero attached hydrogens (tertiary/aromatic N) is 6. The summed E-state index contributed by atoms with van der Waals surface area (Å²) in [6.45, 7) is 12.2. The highest BCUT2D eigenvalue weighted by atomic mass is 35.5. The number of benzene rings is 2. The van der Waals surface area contributed by atoms with Crippen molar-refractivity contribution in [2.24, 2.45) is 7.05 Å². The fraction of sp³-hybridized carbons (Fsp3) is 0.333. The van der Waals surface area contributed by atoms with Crippen molar-refractivity contribution in [3.05, 3.63) is 69.7 Å². The van der Waals surface area contributed by atoms with Crippen LogP contribution in [0.4, 0.5) is 10.1 Å². The van der Waals surface area contributed by atoms with E-state index in [1.807, 2.05) is 42.5 Å². The Labute approximate surface area is 219 Å². The maximum Gasteiger partial charge on any atom is 0.274 e. The molecule has 0 saturated carbocycles. The maximum absolute atomic E-state index is 14.7. The molecule has 1 saturated heterocycles. The van der Waals surface area contributed by atoms with E-state index in [4.69, 9.17) is 23.2 Å². The Kier molecular flexibility index (Phi) is 6.48. The van der Waals surface area contributed by atoms with E-state index in [1.54, 1.807) is 17.8 Å². The smallest absolute Gasteiger partial charge is 0.274 e. The molecule has 1 atom stereocenters. The number of piperidine rings is 1. The van der Waals surface area contributed by atoms with Crippen LogP contribution in [0.25, 0.3) is 32.8 Å². The van der Waals surface area contributed by atoms with Crippen LogP contribution in [-0.4, -0.2) is 56.3 Å². The molecule has 2 aromatic heterocycles. The lowest BCUT2D eigenvalue weighted by Crippen LogP contribution is -2.47. The first kappa shape index (κ1) is 24.9. The third kappa shape index (κ3) is 4.26. The zero-order valence-corrected chi connectivity index (χ0v) is 21.9. The molecule has 5 rings (SSSR count). The summed E-state index contributed by atoms with van der Waals surface area (Å²) in [5, 5.41) is 9.04. The Hall–Kier alpha value is -3.74. The van der Waals surface area contributed by atoms with Gasteiger partial charge in [0.15, 0.2) is 0 Å². The third-order valence-electron chi connectivity index (χ3n) is 7.05. The Bertz CT molecular complexity index is 1580. The lowest BCUT2D eigenvalue weighted by Gasteiger charge is -2.32. The molecular formula is C27H27ClFN7O. The van der Waals surface area contributed by atoms with Gasteiger partial charge in [-0.3, -0.25) is 14.0 Å². The third-order valence-corrected chi connectivity index (χ3v) is 7.50. The minimum atomic E-state index is -0.637. The van der Waals surface area contributed by atoms with Crippen LogP contribution in [0.1, 0.15) is 34.6 Å². The normalized spacial score (nSPS) is 15.8. The number of nitrogens with one attached hydrogen (secondary N) is 1.